The number of rotatable bonds is 4. The summed E-state index contributed by atoms with van der Waals surface area (Å²) in [7, 11) is 0. The normalized spacial score (nSPS) is 17.3. The SMILES string of the molecule is Cc1[nH]ncc1CNC(=O)NC[C@@H]1CCn2ccnc2C1. The van der Waals surface area contributed by atoms with Crippen molar-refractivity contribution >= 4 is 6.03 Å². The fourth-order valence-corrected chi connectivity index (χ4v) is 2.62. The monoisotopic (exact) mass is 288 g/mol. The van der Waals surface area contributed by atoms with Crippen molar-refractivity contribution in [2.75, 3.05) is 6.54 Å². The van der Waals surface area contributed by atoms with E-state index in [-0.39, 0.29) is 6.03 Å². The number of hydrogen-bond acceptors (Lipinski definition) is 3. The van der Waals surface area contributed by atoms with E-state index in [0.717, 1.165) is 36.5 Å². The van der Waals surface area contributed by atoms with Gasteiger partial charge in [0.15, 0.2) is 0 Å². The number of aryl methyl sites for hydroxylation is 2. The summed E-state index contributed by atoms with van der Waals surface area (Å²) in [5, 5.41) is 12.6. The number of carbonyl (C=O) groups excluding carboxylic acids is 1. The van der Waals surface area contributed by atoms with Crippen molar-refractivity contribution in [3.05, 3.63) is 35.7 Å². The van der Waals surface area contributed by atoms with Gasteiger partial charge in [0, 0.05) is 49.7 Å². The van der Waals surface area contributed by atoms with Gasteiger partial charge in [0.25, 0.3) is 0 Å². The number of fused-ring (bicyclic) bond motifs is 1. The fraction of sp³-hybridized carbons (Fsp3) is 0.500. The lowest BCUT2D eigenvalue weighted by atomic mass is 9.98. The van der Waals surface area contributed by atoms with Crippen LogP contribution in [0.15, 0.2) is 18.6 Å². The first-order valence-corrected chi connectivity index (χ1v) is 7.23. The molecule has 0 spiro atoms. The number of H-pyrrole nitrogens is 1. The minimum absolute atomic E-state index is 0.135. The van der Waals surface area contributed by atoms with E-state index in [1.54, 1.807) is 6.20 Å². The Labute approximate surface area is 123 Å². The van der Waals surface area contributed by atoms with Crippen LogP contribution in [0.4, 0.5) is 4.79 Å². The van der Waals surface area contributed by atoms with E-state index in [1.165, 1.54) is 0 Å². The Hall–Kier alpha value is -2.31. The highest BCUT2D eigenvalue weighted by atomic mass is 16.2. The lowest BCUT2D eigenvalue weighted by Gasteiger charge is -2.23. The van der Waals surface area contributed by atoms with Crippen molar-refractivity contribution in [3.8, 4) is 0 Å². The maximum Gasteiger partial charge on any atom is 0.315 e. The van der Waals surface area contributed by atoms with Crippen LogP contribution in [0.2, 0.25) is 0 Å². The number of urea groups is 1. The number of aromatic amines is 1. The Kier molecular flexibility index (Phi) is 3.89. The van der Waals surface area contributed by atoms with Crippen LogP contribution in [0.3, 0.4) is 0 Å². The second-order valence-electron chi connectivity index (χ2n) is 5.48. The van der Waals surface area contributed by atoms with Gasteiger partial charge in [0.1, 0.15) is 5.82 Å². The highest BCUT2D eigenvalue weighted by Gasteiger charge is 2.19. The third-order valence-corrected chi connectivity index (χ3v) is 3.98. The van der Waals surface area contributed by atoms with E-state index in [1.807, 2.05) is 19.3 Å². The molecule has 1 aliphatic heterocycles. The van der Waals surface area contributed by atoms with Crippen LogP contribution in [0, 0.1) is 12.8 Å². The molecule has 1 aliphatic rings. The first-order valence-electron chi connectivity index (χ1n) is 7.23. The highest BCUT2D eigenvalue weighted by Crippen LogP contribution is 2.18. The second kappa shape index (κ2) is 5.99. The van der Waals surface area contributed by atoms with Gasteiger partial charge in [0.2, 0.25) is 0 Å². The predicted molar refractivity (Wildman–Crippen MR) is 77.6 cm³/mol. The molecule has 0 radical (unpaired) electrons. The molecular formula is C14H20N6O. The predicted octanol–water partition coefficient (Wildman–Crippen LogP) is 0.976. The molecule has 0 aromatic carbocycles. The fourth-order valence-electron chi connectivity index (χ4n) is 2.62. The van der Waals surface area contributed by atoms with Crippen molar-refractivity contribution in [1.82, 2.24) is 30.4 Å². The molecule has 7 nitrogen and oxygen atoms in total. The van der Waals surface area contributed by atoms with Crippen LogP contribution in [-0.2, 0) is 19.5 Å². The van der Waals surface area contributed by atoms with Crippen molar-refractivity contribution in [3.63, 3.8) is 0 Å². The van der Waals surface area contributed by atoms with Crippen molar-refractivity contribution in [2.24, 2.45) is 5.92 Å². The smallest absolute Gasteiger partial charge is 0.315 e. The number of nitrogens with one attached hydrogen (secondary N) is 3. The quantitative estimate of drug-likeness (QED) is 0.783. The first-order chi connectivity index (χ1) is 10.2. The largest absolute Gasteiger partial charge is 0.338 e. The van der Waals surface area contributed by atoms with E-state index in [9.17, 15) is 4.79 Å². The summed E-state index contributed by atoms with van der Waals surface area (Å²) in [5.41, 5.74) is 1.99. The lowest BCUT2D eigenvalue weighted by Crippen LogP contribution is -2.39. The van der Waals surface area contributed by atoms with E-state index < -0.39 is 0 Å². The van der Waals surface area contributed by atoms with Crippen LogP contribution >= 0.6 is 0 Å². The standard InChI is InChI=1S/C14H20N6O/c1-10-12(9-18-19-10)8-17-14(21)16-7-11-2-4-20-5-3-15-13(20)6-11/h3,5,9,11H,2,4,6-8H2,1H3,(H,18,19)(H2,16,17,21)/t11-/m1/s1. The van der Waals surface area contributed by atoms with Gasteiger partial charge >= 0.3 is 6.03 Å². The van der Waals surface area contributed by atoms with Gasteiger partial charge in [-0.25, -0.2) is 9.78 Å². The minimum atomic E-state index is -0.135. The molecule has 0 saturated carbocycles. The van der Waals surface area contributed by atoms with Gasteiger partial charge < -0.3 is 15.2 Å². The average Bonchev–Trinajstić information content (AvgIpc) is 3.11. The Morgan fingerprint density at radius 2 is 2.43 bits per heavy atom. The molecule has 0 unspecified atom stereocenters. The Morgan fingerprint density at radius 3 is 3.24 bits per heavy atom. The number of amides is 2. The summed E-state index contributed by atoms with van der Waals surface area (Å²) >= 11 is 0. The molecule has 3 rings (SSSR count). The Morgan fingerprint density at radius 1 is 1.52 bits per heavy atom. The molecule has 0 aliphatic carbocycles. The molecule has 112 valence electrons. The zero-order valence-corrected chi connectivity index (χ0v) is 12.1. The summed E-state index contributed by atoms with van der Waals surface area (Å²) in [6.45, 7) is 4.09. The second-order valence-corrected chi connectivity index (χ2v) is 5.48. The lowest BCUT2D eigenvalue weighted by molar-refractivity contribution is 0.236. The number of nitrogens with zero attached hydrogens (tertiary/aromatic N) is 3. The van der Waals surface area contributed by atoms with E-state index in [2.05, 4.69) is 30.4 Å². The van der Waals surface area contributed by atoms with Crippen molar-refractivity contribution in [2.45, 2.75) is 32.9 Å². The van der Waals surface area contributed by atoms with Gasteiger partial charge in [-0.1, -0.05) is 0 Å². The van der Waals surface area contributed by atoms with E-state index >= 15 is 0 Å². The number of aromatic nitrogens is 4. The van der Waals surface area contributed by atoms with Crippen molar-refractivity contribution in [1.29, 1.82) is 0 Å². The molecule has 21 heavy (non-hydrogen) atoms. The van der Waals surface area contributed by atoms with Crippen molar-refractivity contribution < 1.29 is 4.79 Å². The highest BCUT2D eigenvalue weighted by molar-refractivity contribution is 5.73. The molecule has 2 amide bonds. The van der Waals surface area contributed by atoms with Crippen LogP contribution in [0.25, 0.3) is 0 Å². The molecule has 7 heteroatoms. The van der Waals surface area contributed by atoms with Gasteiger partial charge in [-0.05, 0) is 19.3 Å². The molecule has 2 aromatic heterocycles. The third kappa shape index (κ3) is 3.24. The van der Waals surface area contributed by atoms with E-state index in [4.69, 9.17) is 0 Å². The molecule has 0 bridgehead atoms. The Balaban J connectivity index is 1.41. The molecule has 0 saturated heterocycles. The summed E-state index contributed by atoms with van der Waals surface area (Å²) in [6, 6.07) is -0.135. The van der Waals surface area contributed by atoms with Gasteiger partial charge in [-0.15, -0.1) is 0 Å². The van der Waals surface area contributed by atoms with Crippen LogP contribution in [-0.4, -0.2) is 32.3 Å². The van der Waals surface area contributed by atoms with Gasteiger partial charge in [0.05, 0.1) is 6.20 Å². The number of imidazole rings is 1. The zero-order chi connectivity index (χ0) is 14.7. The van der Waals surface area contributed by atoms with E-state index in [0.29, 0.717) is 19.0 Å². The first kappa shape index (κ1) is 13.7. The molecule has 1 atom stereocenters. The maximum absolute atomic E-state index is 11.8. The van der Waals surface area contributed by atoms with Crippen LogP contribution in [0.1, 0.15) is 23.5 Å². The molecular weight excluding hydrogens is 268 g/mol. The van der Waals surface area contributed by atoms with Crippen LogP contribution < -0.4 is 10.6 Å². The number of hydrogen-bond donors (Lipinski definition) is 3. The summed E-state index contributed by atoms with van der Waals surface area (Å²) < 4.78 is 2.18. The zero-order valence-electron chi connectivity index (χ0n) is 12.1. The maximum atomic E-state index is 11.8. The van der Waals surface area contributed by atoms with Gasteiger partial charge in [-0.3, -0.25) is 5.10 Å². The summed E-state index contributed by atoms with van der Waals surface area (Å²) in [5.74, 6) is 1.57. The van der Waals surface area contributed by atoms with Crippen LogP contribution in [0.5, 0.6) is 0 Å². The number of carbonyl (C=O) groups is 1. The minimum Gasteiger partial charge on any atom is -0.338 e. The molecule has 0 fully saturated rings. The Bertz CT molecular complexity index is 617. The summed E-state index contributed by atoms with van der Waals surface area (Å²) in [4.78, 5) is 16.2. The van der Waals surface area contributed by atoms with Gasteiger partial charge in [-0.2, -0.15) is 5.10 Å². The molecule has 3 N–H and O–H groups in total. The topological polar surface area (TPSA) is 87.6 Å². The summed E-state index contributed by atoms with van der Waals surface area (Å²) in [6.07, 6.45) is 7.58. The molecule has 3 heterocycles. The molecule has 2 aromatic rings. The average molecular weight is 288 g/mol. The third-order valence-electron chi connectivity index (χ3n) is 3.98.